The molecule has 3 atom stereocenters. The van der Waals surface area contributed by atoms with E-state index in [4.69, 9.17) is 4.74 Å². The van der Waals surface area contributed by atoms with Crippen LogP contribution < -0.4 is 4.74 Å². The number of aliphatic hydroxyl groups is 1. The predicted octanol–water partition coefficient (Wildman–Crippen LogP) is 2.65. The topological polar surface area (TPSA) is 49.8 Å². The molecule has 1 aliphatic heterocycles. The van der Waals surface area contributed by atoms with Gasteiger partial charge in [0.25, 0.3) is 0 Å². The molecule has 1 fully saturated rings. The highest BCUT2D eigenvalue weighted by Crippen LogP contribution is 2.26. The largest absolute Gasteiger partial charge is 0.489 e. The van der Waals surface area contributed by atoms with Crippen molar-refractivity contribution in [3.05, 3.63) is 65.7 Å². The maximum atomic E-state index is 11.9. The van der Waals surface area contributed by atoms with Crippen LogP contribution >= 0.6 is 0 Å². The van der Waals surface area contributed by atoms with E-state index in [9.17, 15) is 9.90 Å². The molecule has 24 heavy (non-hydrogen) atoms. The molecule has 4 nitrogen and oxygen atoms in total. The summed E-state index contributed by atoms with van der Waals surface area (Å²) in [7, 11) is 1.76. The van der Waals surface area contributed by atoms with E-state index in [2.05, 4.69) is 0 Å². The van der Waals surface area contributed by atoms with Crippen molar-refractivity contribution in [2.45, 2.75) is 32.1 Å². The average molecular weight is 325 g/mol. The van der Waals surface area contributed by atoms with Gasteiger partial charge in [-0.3, -0.25) is 4.79 Å². The first-order valence-corrected chi connectivity index (χ1v) is 8.26. The van der Waals surface area contributed by atoms with E-state index in [0.717, 1.165) is 16.9 Å². The predicted molar refractivity (Wildman–Crippen MR) is 92.6 cm³/mol. The minimum absolute atomic E-state index is 0.00955. The van der Waals surface area contributed by atoms with Crippen LogP contribution in [0.4, 0.5) is 0 Å². The quantitative estimate of drug-likeness (QED) is 0.919. The molecule has 1 amide bonds. The molecule has 4 heteroatoms. The van der Waals surface area contributed by atoms with Crippen molar-refractivity contribution in [3.63, 3.8) is 0 Å². The zero-order valence-electron chi connectivity index (χ0n) is 14.1. The first-order valence-electron chi connectivity index (χ1n) is 8.26. The monoisotopic (exact) mass is 325 g/mol. The third-order valence-corrected chi connectivity index (χ3v) is 4.76. The van der Waals surface area contributed by atoms with Crippen LogP contribution in [0.3, 0.4) is 0 Å². The number of ether oxygens (including phenoxy) is 1. The number of carbonyl (C=O) groups is 1. The summed E-state index contributed by atoms with van der Waals surface area (Å²) in [4.78, 5) is 13.6. The fourth-order valence-electron chi connectivity index (χ4n) is 3.15. The Bertz CT molecular complexity index is 684. The van der Waals surface area contributed by atoms with Crippen LogP contribution in [0.15, 0.2) is 54.6 Å². The molecule has 126 valence electrons. The molecule has 1 aliphatic rings. The maximum Gasteiger partial charge on any atom is 0.228 e. The van der Waals surface area contributed by atoms with Gasteiger partial charge in [0.05, 0.1) is 18.1 Å². The number of aliphatic hydroxyl groups excluding tert-OH is 1. The van der Waals surface area contributed by atoms with Gasteiger partial charge in [0, 0.05) is 7.05 Å². The minimum atomic E-state index is -0.614. The van der Waals surface area contributed by atoms with Crippen LogP contribution in [0, 0.1) is 5.92 Å². The number of hydrogen-bond acceptors (Lipinski definition) is 3. The maximum absolute atomic E-state index is 11.9. The molecule has 1 heterocycles. The van der Waals surface area contributed by atoms with Crippen molar-refractivity contribution < 1.29 is 14.6 Å². The first kappa shape index (κ1) is 16.5. The molecule has 0 spiro atoms. The van der Waals surface area contributed by atoms with Gasteiger partial charge in [0.15, 0.2) is 0 Å². The SMILES string of the molecule is C[C@H]1C(=O)N(C)[C@@H](Cc2ccc(OCc3ccccc3)cc2)[C@H]1O. The number of likely N-dealkylation sites (N-methyl/N-ethyl adjacent to an activating group) is 1. The summed E-state index contributed by atoms with van der Waals surface area (Å²) in [5.41, 5.74) is 2.21. The van der Waals surface area contributed by atoms with Gasteiger partial charge < -0.3 is 14.7 Å². The molecular formula is C20H23NO3. The lowest BCUT2D eigenvalue weighted by molar-refractivity contribution is -0.130. The fourth-order valence-corrected chi connectivity index (χ4v) is 3.15. The number of carbonyl (C=O) groups excluding carboxylic acids is 1. The molecule has 0 aliphatic carbocycles. The molecule has 1 N–H and O–H groups in total. The lowest BCUT2D eigenvalue weighted by Crippen LogP contribution is -2.35. The van der Waals surface area contributed by atoms with Gasteiger partial charge in [-0.2, -0.15) is 0 Å². The standard InChI is InChI=1S/C20H23NO3/c1-14-19(22)18(21(2)20(14)23)12-15-8-10-17(11-9-15)24-13-16-6-4-3-5-7-16/h3-11,14,18-19,22H,12-13H2,1-2H3/t14-,18+,19+/m1/s1. The molecule has 2 aromatic carbocycles. The van der Waals surface area contributed by atoms with E-state index in [0.29, 0.717) is 13.0 Å². The summed E-state index contributed by atoms with van der Waals surface area (Å²) in [6.45, 7) is 2.32. The fraction of sp³-hybridized carbons (Fsp3) is 0.350. The molecule has 0 radical (unpaired) electrons. The van der Waals surface area contributed by atoms with E-state index in [1.54, 1.807) is 18.9 Å². The van der Waals surface area contributed by atoms with E-state index >= 15 is 0 Å². The van der Waals surface area contributed by atoms with Crippen LogP contribution in [-0.4, -0.2) is 35.1 Å². The van der Waals surface area contributed by atoms with Crippen LogP contribution in [-0.2, 0) is 17.8 Å². The Balaban J connectivity index is 1.60. The zero-order chi connectivity index (χ0) is 17.1. The van der Waals surface area contributed by atoms with Gasteiger partial charge in [-0.15, -0.1) is 0 Å². The van der Waals surface area contributed by atoms with Gasteiger partial charge in [-0.1, -0.05) is 49.4 Å². The number of hydrogen-bond donors (Lipinski definition) is 1. The summed E-state index contributed by atoms with van der Waals surface area (Å²) in [5.74, 6) is 0.496. The highest BCUT2D eigenvalue weighted by Gasteiger charge is 2.42. The lowest BCUT2D eigenvalue weighted by Gasteiger charge is -2.22. The van der Waals surface area contributed by atoms with Crippen LogP contribution in [0.1, 0.15) is 18.1 Å². The normalized spacial score (nSPS) is 23.5. The zero-order valence-corrected chi connectivity index (χ0v) is 14.1. The third kappa shape index (κ3) is 3.44. The van der Waals surface area contributed by atoms with Crippen molar-refractivity contribution in [2.75, 3.05) is 7.05 Å². The van der Waals surface area contributed by atoms with Crippen molar-refractivity contribution in [3.8, 4) is 5.75 Å². The molecule has 0 unspecified atom stereocenters. The Labute approximate surface area is 142 Å². The summed E-state index contributed by atoms with van der Waals surface area (Å²) in [5, 5.41) is 10.2. The summed E-state index contributed by atoms with van der Waals surface area (Å²) < 4.78 is 5.78. The highest BCUT2D eigenvalue weighted by atomic mass is 16.5. The Kier molecular flexibility index (Phi) is 4.86. The molecule has 2 aromatic rings. The molecule has 1 saturated heterocycles. The smallest absolute Gasteiger partial charge is 0.228 e. The summed E-state index contributed by atoms with van der Waals surface area (Å²) in [6, 6.07) is 17.7. The van der Waals surface area contributed by atoms with Crippen molar-refractivity contribution >= 4 is 5.91 Å². The van der Waals surface area contributed by atoms with Gasteiger partial charge in [-0.25, -0.2) is 0 Å². The summed E-state index contributed by atoms with van der Waals surface area (Å²) in [6.07, 6.45) is 0.0312. The Hall–Kier alpha value is -2.33. The highest BCUT2D eigenvalue weighted by molar-refractivity contribution is 5.81. The van der Waals surface area contributed by atoms with Gasteiger partial charge >= 0.3 is 0 Å². The molecule has 0 saturated carbocycles. The number of nitrogens with zero attached hydrogens (tertiary/aromatic N) is 1. The second kappa shape index (κ2) is 7.05. The second-order valence-electron chi connectivity index (χ2n) is 6.42. The van der Waals surface area contributed by atoms with Crippen LogP contribution in [0.5, 0.6) is 5.75 Å². The van der Waals surface area contributed by atoms with Crippen molar-refractivity contribution in [2.24, 2.45) is 5.92 Å². The minimum Gasteiger partial charge on any atom is -0.489 e. The van der Waals surface area contributed by atoms with E-state index in [-0.39, 0.29) is 17.9 Å². The number of likely N-dealkylation sites (tertiary alicyclic amines) is 1. The number of amides is 1. The van der Waals surface area contributed by atoms with E-state index in [1.165, 1.54) is 0 Å². The van der Waals surface area contributed by atoms with Crippen molar-refractivity contribution in [1.29, 1.82) is 0 Å². The molecule has 0 aromatic heterocycles. The molecule has 0 bridgehead atoms. The molecule has 3 rings (SSSR count). The second-order valence-corrected chi connectivity index (χ2v) is 6.42. The first-order chi connectivity index (χ1) is 11.6. The number of benzene rings is 2. The lowest BCUT2D eigenvalue weighted by atomic mass is 9.98. The third-order valence-electron chi connectivity index (χ3n) is 4.76. The van der Waals surface area contributed by atoms with E-state index < -0.39 is 6.10 Å². The van der Waals surface area contributed by atoms with Gasteiger partial charge in [-0.05, 0) is 29.7 Å². The number of rotatable bonds is 5. The average Bonchev–Trinajstić information content (AvgIpc) is 2.80. The van der Waals surface area contributed by atoms with Crippen LogP contribution in [0.25, 0.3) is 0 Å². The Morgan fingerprint density at radius 2 is 1.71 bits per heavy atom. The van der Waals surface area contributed by atoms with Gasteiger partial charge in [0.1, 0.15) is 12.4 Å². The molecular weight excluding hydrogens is 302 g/mol. The Morgan fingerprint density at radius 3 is 2.29 bits per heavy atom. The van der Waals surface area contributed by atoms with Gasteiger partial charge in [0.2, 0.25) is 5.91 Å². The summed E-state index contributed by atoms with van der Waals surface area (Å²) >= 11 is 0. The van der Waals surface area contributed by atoms with Crippen LogP contribution in [0.2, 0.25) is 0 Å². The van der Waals surface area contributed by atoms with E-state index in [1.807, 2.05) is 54.6 Å². The Morgan fingerprint density at radius 1 is 1.04 bits per heavy atom. The van der Waals surface area contributed by atoms with Crippen molar-refractivity contribution in [1.82, 2.24) is 4.90 Å².